The second-order valence-corrected chi connectivity index (χ2v) is 8.48. The first-order valence-corrected chi connectivity index (χ1v) is 11.0. The van der Waals surface area contributed by atoms with Crippen LogP contribution < -0.4 is 10.1 Å². The fourth-order valence-corrected chi connectivity index (χ4v) is 3.44. The number of benzene rings is 2. The molecule has 0 aliphatic rings. The number of nitriles is 1. The van der Waals surface area contributed by atoms with Gasteiger partial charge in [-0.15, -0.1) is 0 Å². The third-order valence-corrected chi connectivity index (χ3v) is 5.26. The first-order valence-electron chi connectivity index (χ1n) is 9.84. The highest BCUT2D eigenvalue weighted by molar-refractivity contribution is 9.10. The van der Waals surface area contributed by atoms with Gasteiger partial charge < -0.3 is 9.64 Å². The van der Waals surface area contributed by atoms with E-state index in [1.54, 1.807) is 18.2 Å². The Labute approximate surface area is 192 Å². The zero-order chi connectivity index (χ0) is 21.9. The standard InChI is InChI=1S/C23H26BrN3O2S/c1-17(2)16-29-21-10-9-19(15-20(21)24)22(28)26-23(30)27(13-6-12-25)14-11-18-7-4-3-5-8-18/h3-5,7-10,15,17H,6,11,13-14,16H2,1-2H3,(H,26,28,30). The van der Waals surface area contributed by atoms with E-state index < -0.39 is 0 Å². The average molecular weight is 488 g/mol. The summed E-state index contributed by atoms with van der Waals surface area (Å²) in [6.45, 7) is 5.84. The summed E-state index contributed by atoms with van der Waals surface area (Å²) in [4.78, 5) is 14.5. The number of ether oxygens (including phenoxy) is 1. The van der Waals surface area contributed by atoms with Gasteiger partial charge in [0, 0.05) is 18.7 Å². The smallest absolute Gasteiger partial charge is 0.257 e. The molecule has 0 radical (unpaired) electrons. The van der Waals surface area contributed by atoms with Crippen LogP contribution in [0.4, 0.5) is 0 Å². The molecule has 7 heteroatoms. The van der Waals surface area contributed by atoms with E-state index in [0.717, 1.165) is 6.42 Å². The van der Waals surface area contributed by atoms with Crippen LogP contribution in [0.15, 0.2) is 53.0 Å². The van der Waals surface area contributed by atoms with Crippen molar-refractivity contribution < 1.29 is 9.53 Å². The van der Waals surface area contributed by atoms with Crippen molar-refractivity contribution >= 4 is 39.2 Å². The third kappa shape index (κ3) is 7.77. The zero-order valence-corrected chi connectivity index (χ0v) is 19.6. The van der Waals surface area contributed by atoms with Gasteiger partial charge in [-0.1, -0.05) is 44.2 Å². The van der Waals surface area contributed by atoms with Gasteiger partial charge in [0.15, 0.2) is 5.11 Å². The van der Waals surface area contributed by atoms with E-state index >= 15 is 0 Å². The molecule has 0 saturated carbocycles. The Hall–Kier alpha value is -2.43. The topological polar surface area (TPSA) is 65.4 Å². The van der Waals surface area contributed by atoms with Gasteiger partial charge in [-0.2, -0.15) is 5.26 Å². The molecule has 0 spiro atoms. The summed E-state index contributed by atoms with van der Waals surface area (Å²) in [6.07, 6.45) is 1.11. The van der Waals surface area contributed by atoms with Crippen LogP contribution in [0.3, 0.4) is 0 Å². The Morgan fingerprint density at radius 3 is 2.60 bits per heavy atom. The fourth-order valence-electron chi connectivity index (χ4n) is 2.67. The molecule has 0 aliphatic carbocycles. The second-order valence-electron chi connectivity index (χ2n) is 7.24. The van der Waals surface area contributed by atoms with E-state index in [9.17, 15) is 4.79 Å². The first kappa shape index (κ1) is 23.8. The van der Waals surface area contributed by atoms with Crippen LogP contribution in [0.2, 0.25) is 0 Å². The van der Waals surface area contributed by atoms with Crippen LogP contribution in [0.1, 0.15) is 36.2 Å². The van der Waals surface area contributed by atoms with Gasteiger partial charge in [0.05, 0.1) is 23.6 Å². The molecule has 2 aromatic rings. The van der Waals surface area contributed by atoms with Gasteiger partial charge in [-0.25, -0.2) is 0 Å². The predicted molar refractivity (Wildman–Crippen MR) is 126 cm³/mol. The Bertz CT molecular complexity index is 897. The maximum Gasteiger partial charge on any atom is 0.257 e. The number of rotatable bonds is 9. The molecule has 1 amide bonds. The quantitative estimate of drug-likeness (QED) is 0.506. The molecule has 0 bridgehead atoms. The highest BCUT2D eigenvalue weighted by atomic mass is 79.9. The van der Waals surface area contributed by atoms with Crippen LogP contribution in [0.5, 0.6) is 5.75 Å². The molecule has 0 heterocycles. The van der Waals surface area contributed by atoms with Crippen molar-refractivity contribution in [2.75, 3.05) is 19.7 Å². The molecule has 0 aliphatic heterocycles. The van der Waals surface area contributed by atoms with Crippen molar-refractivity contribution in [1.29, 1.82) is 5.26 Å². The van der Waals surface area contributed by atoms with E-state index in [-0.39, 0.29) is 5.91 Å². The normalized spacial score (nSPS) is 10.4. The van der Waals surface area contributed by atoms with Crippen molar-refractivity contribution in [3.63, 3.8) is 0 Å². The first-order chi connectivity index (χ1) is 14.4. The average Bonchev–Trinajstić information content (AvgIpc) is 2.73. The van der Waals surface area contributed by atoms with Crippen molar-refractivity contribution in [3.05, 3.63) is 64.1 Å². The number of thiocarbonyl (C=S) groups is 1. The third-order valence-electron chi connectivity index (χ3n) is 4.28. The molecule has 0 saturated heterocycles. The molecule has 0 unspecified atom stereocenters. The lowest BCUT2D eigenvalue weighted by Gasteiger charge is -2.24. The minimum Gasteiger partial charge on any atom is -0.492 e. The van der Waals surface area contributed by atoms with Gasteiger partial charge in [0.2, 0.25) is 0 Å². The summed E-state index contributed by atoms with van der Waals surface area (Å²) in [7, 11) is 0. The SMILES string of the molecule is CC(C)COc1ccc(C(=O)NC(=S)N(CCC#N)CCc2ccccc2)cc1Br. The number of halogens is 1. The molecular weight excluding hydrogens is 462 g/mol. The molecule has 2 aromatic carbocycles. The zero-order valence-electron chi connectivity index (χ0n) is 17.2. The van der Waals surface area contributed by atoms with Crippen molar-refractivity contribution in [3.8, 4) is 11.8 Å². The maximum atomic E-state index is 12.7. The van der Waals surface area contributed by atoms with Gasteiger partial charge in [0.25, 0.3) is 5.91 Å². The van der Waals surface area contributed by atoms with E-state index in [0.29, 0.717) is 52.9 Å². The number of nitrogens with zero attached hydrogens (tertiary/aromatic N) is 2. The predicted octanol–water partition coefficient (Wildman–Crippen LogP) is 4.96. The van der Waals surface area contributed by atoms with Gasteiger partial charge in [-0.05, 0) is 64.2 Å². The Morgan fingerprint density at radius 1 is 1.23 bits per heavy atom. The lowest BCUT2D eigenvalue weighted by molar-refractivity contribution is 0.0973. The van der Waals surface area contributed by atoms with Gasteiger partial charge in [-0.3, -0.25) is 10.1 Å². The lowest BCUT2D eigenvalue weighted by Crippen LogP contribution is -2.44. The number of carbonyl (C=O) groups is 1. The van der Waals surface area contributed by atoms with E-state index in [4.69, 9.17) is 22.2 Å². The number of nitrogens with one attached hydrogen (secondary N) is 1. The van der Waals surface area contributed by atoms with Crippen LogP contribution in [-0.2, 0) is 6.42 Å². The number of hydrogen-bond donors (Lipinski definition) is 1. The monoisotopic (exact) mass is 487 g/mol. The molecule has 0 aromatic heterocycles. The maximum absolute atomic E-state index is 12.7. The fraction of sp³-hybridized carbons (Fsp3) is 0.348. The Balaban J connectivity index is 2.00. The molecule has 2 rings (SSSR count). The minimum absolute atomic E-state index is 0.294. The van der Waals surface area contributed by atoms with Gasteiger partial charge in [0.1, 0.15) is 5.75 Å². The number of hydrogen-bond acceptors (Lipinski definition) is 4. The lowest BCUT2D eigenvalue weighted by atomic mass is 10.1. The second kappa shape index (κ2) is 12.3. The van der Waals surface area contributed by atoms with Crippen LogP contribution in [0.25, 0.3) is 0 Å². The summed E-state index contributed by atoms with van der Waals surface area (Å²) in [6, 6.07) is 17.4. The van der Waals surface area contributed by atoms with Gasteiger partial charge >= 0.3 is 0 Å². The number of carbonyl (C=O) groups excluding carboxylic acids is 1. The summed E-state index contributed by atoms with van der Waals surface area (Å²) in [5.41, 5.74) is 1.65. The van der Waals surface area contributed by atoms with Crippen LogP contribution in [0, 0.1) is 17.2 Å². The van der Waals surface area contributed by atoms with Crippen LogP contribution >= 0.6 is 28.1 Å². The summed E-state index contributed by atoms with van der Waals surface area (Å²) in [5, 5.41) is 12.1. The molecule has 30 heavy (non-hydrogen) atoms. The number of amides is 1. The molecule has 0 atom stereocenters. The van der Waals surface area contributed by atoms with Crippen molar-refractivity contribution in [1.82, 2.24) is 10.2 Å². The van der Waals surface area contributed by atoms with E-state index in [2.05, 4.69) is 41.2 Å². The Kier molecular flexibility index (Phi) is 9.78. The molecular formula is C23H26BrN3O2S. The highest BCUT2D eigenvalue weighted by Crippen LogP contribution is 2.26. The molecule has 158 valence electrons. The van der Waals surface area contributed by atoms with E-state index in [1.807, 2.05) is 35.2 Å². The van der Waals surface area contributed by atoms with Crippen LogP contribution in [-0.4, -0.2) is 35.6 Å². The summed E-state index contributed by atoms with van der Waals surface area (Å²) >= 11 is 8.92. The molecule has 1 N–H and O–H groups in total. The molecule has 5 nitrogen and oxygen atoms in total. The molecule has 0 fully saturated rings. The van der Waals surface area contributed by atoms with E-state index in [1.165, 1.54) is 5.56 Å². The largest absolute Gasteiger partial charge is 0.492 e. The summed E-state index contributed by atoms with van der Waals surface area (Å²) in [5.74, 6) is 0.812. The minimum atomic E-state index is -0.294. The van der Waals surface area contributed by atoms with Crippen molar-refractivity contribution in [2.24, 2.45) is 5.92 Å². The summed E-state index contributed by atoms with van der Waals surface area (Å²) < 4.78 is 6.44. The Morgan fingerprint density at radius 2 is 1.97 bits per heavy atom. The highest BCUT2D eigenvalue weighted by Gasteiger charge is 2.15. The van der Waals surface area contributed by atoms with Crippen molar-refractivity contribution in [2.45, 2.75) is 26.7 Å².